The van der Waals surface area contributed by atoms with Crippen molar-refractivity contribution in [3.05, 3.63) is 28.8 Å². The van der Waals surface area contributed by atoms with Crippen LogP contribution in [0, 0.1) is 5.92 Å². The molecule has 0 atom stereocenters. The topological polar surface area (TPSA) is 41.1 Å². The van der Waals surface area contributed by atoms with Crippen LogP contribution in [0.2, 0.25) is 5.02 Å². The highest BCUT2D eigenvalue weighted by atomic mass is 35.5. The number of amides is 1. The molecule has 2 N–H and O–H groups in total. The number of carbonyl (C=O) groups is 1. The molecule has 0 heterocycles. The van der Waals surface area contributed by atoms with E-state index >= 15 is 0 Å². The summed E-state index contributed by atoms with van der Waals surface area (Å²) < 4.78 is 38.1. The van der Waals surface area contributed by atoms with Crippen LogP contribution < -0.4 is 10.6 Å². The van der Waals surface area contributed by atoms with Crippen LogP contribution in [-0.2, 0) is 11.0 Å². The van der Waals surface area contributed by atoms with Gasteiger partial charge in [0.25, 0.3) is 0 Å². The molecule has 0 unspecified atom stereocenters. The third-order valence-electron chi connectivity index (χ3n) is 2.98. The van der Waals surface area contributed by atoms with Gasteiger partial charge in [0.05, 0.1) is 10.6 Å². The van der Waals surface area contributed by atoms with Gasteiger partial charge in [-0.1, -0.05) is 25.4 Å². The smallest absolute Gasteiger partial charge is 0.326 e. The second kappa shape index (κ2) is 8.39. The summed E-state index contributed by atoms with van der Waals surface area (Å²) in [5.74, 6) is 0.240. The van der Waals surface area contributed by atoms with Crippen molar-refractivity contribution in [1.82, 2.24) is 5.32 Å². The van der Waals surface area contributed by atoms with Crippen LogP contribution in [0.4, 0.5) is 18.9 Å². The molecular formula is C15H20ClF3N2O. The lowest BCUT2D eigenvalue weighted by Crippen LogP contribution is -2.23. The van der Waals surface area contributed by atoms with E-state index in [-0.39, 0.29) is 23.0 Å². The zero-order valence-electron chi connectivity index (χ0n) is 12.6. The Kier molecular flexibility index (Phi) is 7.16. The lowest BCUT2D eigenvalue weighted by molar-refractivity contribution is -0.137. The van der Waals surface area contributed by atoms with E-state index in [1.54, 1.807) is 0 Å². The monoisotopic (exact) mass is 336 g/mol. The standard InChI is InChI=1S/C15H20ClF3N2O/c1-10(2)5-7-20-8-6-14(22)21-11-3-4-13(16)12(9-11)15(17,18)19/h3-4,9-10,20H,5-8H2,1-2H3,(H,21,22). The maximum Gasteiger partial charge on any atom is 0.417 e. The molecule has 0 aliphatic carbocycles. The fourth-order valence-electron chi connectivity index (χ4n) is 1.76. The molecule has 0 aromatic heterocycles. The van der Waals surface area contributed by atoms with Crippen molar-refractivity contribution in [2.45, 2.75) is 32.9 Å². The molecule has 1 amide bonds. The summed E-state index contributed by atoms with van der Waals surface area (Å²) in [6, 6.07) is 3.31. The summed E-state index contributed by atoms with van der Waals surface area (Å²) in [5.41, 5.74) is -0.870. The molecule has 0 bridgehead atoms. The van der Waals surface area contributed by atoms with Gasteiger partial charge in [-0.15, -0.1) is 0 Å². The molecule has 0 aliphatic heterocycles. The first kappa shape index (κ1) is 18.8. The zero-order valence-corrected chi connectivity index (χ0v) is 13.3. The largest absolute Gasteiger partial charge is 0.417 e. The highest BCUT2D eigenvalue weighted by molar-refractivity contribution is 6.31. The van der Waals surface area contributed by atoms with Crippen LogP contribution in [-0.4, -0.2) is 19.0 Å². The minimum Gasteiger partial charge on any atom is -0.326 e. The van der Waals surface area contributed by atoms with Crippen molar-refractivity contribution in [3.8, 4) is 0 Å². The lowest BCUT2D eigenvalue weighted by Gasteiger charge is -2.12. The maximum atomic E-state index is 12.7. The molecule has 7 heteroatoms. The maximum absolute atomic E-state index is 12.7. The Morgan fingerprint density at radius 2 is 1.95 bits per heavy atom. The molecule has 0 saturated carbocycles. The van der Waals surface area contributed by atoms with E-state index in [1.807, 2.05) is 0 Å². The summed E-state index contributed by atoms with van der Waals surface area (Å²) in [7, 11) is 0. The summed E-state index contributed by atoms with van der Waals surface area (Å²) in [5, 5.41) is 5.17. The van der Waals surface area contributed by atoms with E-state index in [0.29, 0.717) is 12.5 Å². The van der Waals surface area contributed by atoms with Crippen LogP contribution in [0.5, 0.6) is 0 Å². The first-order valence-electron chi connectivity index (χ1n) is 7.07. The van der Waals surface area contributed by atoms with Crippen molar-refractivity contribution in [3.63, 3.8) is 0 Å². The molecule has 1 aromatic rings. The predicted molar refractivity (Wildman–Crippen MR) is 82.0 cm³/mol. The van der Waals surface area contributed by atoms with E-state index in [0.717, 1.165) is 25.1 Å². The number of rotatable bonds is 7. The number of carbonyl (C=O) groups excluding carboxylic acids is 1. The van der Waals surface area contributed by atoms with E-state index in [9.17, 15) is 18.0 Å². The Morgan fingerprint density at radius 3 is 2.55 bits per heavy atom. The van der Waals surface area contributed by atoms with Crippen LogP contribution in [0.1, 0.15) is 32.3 Å². The third kappa shape index (κ3) is 6.66. The molecule has 0 fully saturated rings. The van der Waals surface area contributed by atoms with Gasteiger partial charge in [-0.25, -0.2) is 0 Å². The van der Waals surface area contributed by atoms with Gasteiger partial charge in [0, 0.05) is 18.7 Å². The Labute approximate surface area is 133 Å². The summed E-state index contributed by atoms with van der Waals surface area (Å²) in [6.45, 7) is 5.50. The Morgan fingerprint density at radius 1 is 1.27 bits per heavy atom. The van der Waals surface area contributed by atoms with E-state index in [1.165, 1.54) is 6.07 Å². The third-order valence-corrected chi connectivity index (χ3v) is 3.31. The van der Waals surface area contributed by atoms with Crippen molar-refractivity contribution in [1.29, 1.82) is 0 Å². The summed E-state index contributed by atoms with van der Waals surface area (Å²) >= 11 is 5.52. The van der Waals surface area contributed by atoms with Gasteiger partial charge in [0.2, 0.25) is 5.91 Å². The van der Waals surface area contributed by atoms with E-state index in [4.69, 9.17) is 11.6 Å². The van der Waals surface area contributed by atoms with Crippen molar-refractivity contribution >= 4 is 23.2 Å². The number of benzene rings is 1. The van der Waals surface area contributed by atoms with Crippen LogP contribution in [0.25, 0.3) is 0 Å². The Hall–Kier alpha value is -1.27. The van der Waals surface area contributed by atoms with Gasteiger partial charge in [-0.05, 0) is 37.1 Å². The average molecular weight is 337 g/mol. The molecule has 0 saturated heterocycles. The van der Waals surface area contributed by atoms with Gasteiger partial charge in [0.1, 0.15) is 0 Å². The zero-order chi connectivity index (χ0) is 16.8. The van der Waals surface area contributed by atoms with Gasteiger partial charge in [0.15, 0.2) is 0 Å². The molecule has 0 spiro atoms. The normalized spacial score (nSPS) is 11.8. The molecular weight excluding hydrogens is 317 g/mol. The van der Waals surface area contributed by atoms with E-state index in [2.05, 4.69) is 24.5 Å². The number of anilines is 1. The number of halogens is 4. The SMILES string of the molecule is CC(C)CCNCCC(=O)Nc1ccc(Cl)c(C(F)(F)F)c1. The molecule has 124 valence electrons. The average Bonchev–Trinajstić information content (AvgIpc) is 2.39. The van der Waals surface area contributed by atoms with Gasteiger partial charge in [-0.3, -0.25) is 4.79 Å². The van der Waals surface area contributed by atoms with Crippen molar-refractivity contribution in [2.75, 3.05) is 18.4 Å². The molecule has 0 aliphatic rings. The van der Waals surface area contributed by atoms with Crippen LogP contribution >= 0.6 is 11.6 Å². The summed E-state index contributed by atoms with van der Waals surface area (Å²) in [6.07, 6.45) is -3.34. The number of hydrogen-bond donors (Lipinski definition) is 2. The fourth-order valence-corrected chi connectivity index (χ4v) is 1.99. The number of hydrogen-bond acceptors (Lipinski definition) is 2. The number of alkyl halides is 3. The first-order valence-corrected chi connectivity index (χ1v) is 7.45. The first-order chi connectivity index (χ1) is 10.2. The second-order valence-corrected chi connectivity index (χ2v) is 5.83. The number of nitrogens with one attached hydrogen (secondary N) is 2. The Balaban J connectivity index is 2.48. The van der Waals surface area contributed by atoms with Crippen LogP contribution in [0.3, 0.4) is 0 Å². The molecule has 1 rings (SSSR count). The van der Waals surface area contributed by atoms with Crippen molar-refractivity contribution in [2.24, 2.45) is 5.92 Å². The highest BCUT2D eigenvalue weighted by Crippen LogP contribution is 2.36. The highest BCUT2D eigenvalue weighted by Gasteiger charge is 2.33. The lowest BCUT2D eigenvalue weighted by atomic mass is 10.1. The second-order valence-electron chi connectivity index (χ2n) is 5.42. The van der Waals surface area contributed by atoms with Gasteiger partial charge < -0.3 is 10.6 Å². The molecule has 22 heavy (non-hydrogen) atoms. The Bertz CT molecular complexity index is 504. The summed E-state index contributed by atoms with van der Waals surface area (Å²) in [4.78, 5) is 11.7. The predicted octanol–water partition coefficient (Wildman–Crippen LogP) is 4.32. The van der Waals surface area contributed by atoms with Gasteiger partial charge >= 0.3 is 6.18 Å². The van der Waals surface area contributed by atoms with Crippen molar-refractivity contribution < 1.29 is 18.0 Å². The van der Waals surface area contributed by atoms with E-state index < -0.39 is 11.7 Å². The minimum atomic E-state index is -4.55. The molecule has 3 nitrogen and oxygen atoms in total. The quantitative estimate of drug-likeness (QED) is 0.728. The molecule has 0 radical (unpaired) electrons. The molecule has 1 aromatic carbocycles. The fraction of sp³-hybridized carbons (Fsp3) is 0.533. The minimum absolute atomic E-state index is 0.0869. The van der Waals surface area contributed by atoms with Crippen LogP contribution in [0.15, 0.2) is 18.2 Å². The van der Waals surface area contributed by atoms with Gasteiger partial charge in [-0.2, -0.15) is 13.2 Å².